The van der Waals surface area contributed by atoms with E-state index in [4.69, 9.17) is 4.74 Å². The molecule has 0 bridgehead atoms. The summed E-state index contributed by atoms with van der Waals surface area (Å²) in [5, 5.41) is 2.83. The lowest BCUT2D eigenvalue weighted by atomic mass is 9.98. The van der Waals surface area contributed by atoms with Crippen LogP contribution in [0.4, 0.5) is 14.9 Å². The number of rotatable bonds is 6. The fraction of sp³-hybridized carbons (Fsp3) is 0.308. The summed E-state index contributed by atoms with van der Waals surface area (Å²) in [7, 11) is 0. The molecular weight excluding hydrogens is 435 g/mol. The van der Waals surface area contributed by atoms with Crippen LogP contribution in [0, 0.1) is 25.6 Å². The van der Waals surface area contributed by atoms with Crippen LogP contribution in [0.3, 0.4) is 0 Å². The molecule has 1 aliphatic heterocycles. The van der Waals surface area contributed by atoms with E-state index in [1.807, 2.05) is 33.8 Å². The lowest BCUT2D eigenvalue weighted by Gasteiger charge is -2.25. The van der Waals surface area contributed by atoms with Gasteiger partial charge in [0.15, 0.2) is 0 Å². The Morgan fingerprint density at radius 2 is 1.97 bits per heavy atom. The molecular formula is C26H27FN4O3. The Morgan fingerprint density at radius 1 is 1.18 bits per heavy atom. The van der Waals surface area contributed by atoms with Crippen molar-refractivity contribution in [2.45, 2.75) is 40.3 Å². The van der Waals surface area contributed by atoms with Crippen molar-refractivity contribution in [1.82, 2.24) is 15.3 Å². The summed E-state index contributed by atoms with van der Waals surface area (Å²) in [5.74, 6) is -0.641. The average Bonchev–Trinajstić information content (AvgIpc) is 3.20. The van der Waals surface area contributed by atoms with Gasteiger partial charge in [0.2, 0.25) is 0 Å². The number of carbonyl (C=O) groups excluding carboxylic acids is 2. The fourth-order valence-electron chi connectivity index (χ4n) is 3.90. The lowest BCUT2D eigenvalue weighted by Crippen LogP contribution is -2.37. The second kappa shape index (κ2) is 9.59. The number of halogens is 1. The first-order valence-electron chi connectivity index (χ1n) is 11.2. The SMILES string of the molecule is Cc1ccc(-c2cc(C(=O)NCc3cnc(C)cn3)cc(N3C(=O)OC[C@H]3C(C)C)c2)c(F)c1. The second-order valence-electron chi connectivity index (χ2n) is 8.84. The molecule has 1 saturated heterocycles. The molecule has 0 spiro atoms. The van der Waals surface area contributed by atoms with E-state index in [1.54, 1.807) is 41.6 Å². The van der Waals surface area contributed by atoms with Crippen molar-refractivity contribution < 1.29 is 18.7 Å². The second-order valence-corrected chi connectivity index (χ2v) is 8.84. The van der Waals surface area contributed by atoms with E-state index in [-0.39, 0.29) is 31.0 Å². The van der Waals surface area contributed by atoms with Gasteiger partial charge in [-0.1, -0.05) is 26.0 Å². The number of aryl methyl sites for hydroxylation is 2. The van der Waals surface area contributed by atoms with Crippen LogP contribution >= 0.6 is 0 Å². The quantitative estimate of drug-likeness (QED) is 0.568. The van der Waals surface area contributed by atoms with Crippen molar-refractivity contribution in [2.24, 2.45) is 5.92 Å². The highest BCUT2D eigenvalue weighted by atomic mass is 19.1. The number of anilines is 1. The zero-order valence-corrected chi connectivity index (χ0v) is 19.6. The summed E-state index contributed by atoms with van der Waals surface area (Å²) >= 11 is 0. The van der Waals surface area contributed by atoms with Gasteiger partial charge in [-0.25, -0.2) is 9.18 Å². The Labute approximate surface area is 198 Å². The number of amides is 2. The van der Waals surface area contributed by atoms with Gasteiger partial charge in [-0.15, -0.1) is 0 Å². The van der Waals surface area contributed by atoms with E-state index in [1.165, 1.54) is 6.07 Å². The average molecular weight is 463 g/mol. The van der Waals surface area contributed by atoms with Gasteiger partial charge in [-0.05, 0) is 55.2 Å². The normalized spacial score (nSPS) is 15.5. The Kier molecular flexibility index (Phi) is 6.58. The first-order chi connectivity index (χ1) is 16.2. The largest absolute Gasteiger partial charge is 0.447 e. The highest BCUT2D eigenvalue weighted by Gasteiger charge is 2.36. The molecule has 1 atom stereocenters. The molecule has 0 radical (unpaired) electrons. The van der Waals surface area contributed by atoms with Crippen molar-refractivity contribution >= 4 is 17.7 Å². The standard InChI is InChI=1S/C26H27FN4O3/c1-15(2)24-14-34-26(33)31(24)21-9-18(22-6-5-16(3)7-23(22)27)8-19(10-21)25(32)30-13-20-12-28-17(4)11-29-20/h5-12,15,24H,13-14H2,1-4H3,(H,30,32)/t24-/m0/s1. The highest BCUT2D eigenvalue weighted by molar-refractivity contribution is 5.99. The molecule has 0 saturated carbocycles. The minimum atomic E-state index is -0.485. The van der Waals surface area contributed by atoms with Crippen LogP contribution in [0.5, 0.6) is 0 Å². The number of aromatic nitrogens is 2. The van der Waals surface area contributed by atoms with Gasteiger partial charge in [-0.2, -0.15) is 0 Å². The molecule has 34 heavy (non-hydrogen) atoms. The summed E-state index contributed by atoms with van der Waals surface area (Å²) in [6.07, 6.45) is 2.75. The van der Waals surface area contributed by atoms with Gasteiger partial charge >= 0.3 is 6.09 Å². The van der Waals surface area contributed by atoms with Crippen LogP contribution in [0.2, 0.25) is 0 Å². The minimum Gasteiger partial charge on any atom is -0.447 e. The summed E-state index contributed by atoms with van der Waals surface area (Å²) in [5.41, 5.74) is 3.82. The van der Waals surface area contributed by atoms with Crippen molar-refractivity contribution in [3.8, 4) is 11.1 Å². The van der Waals surface area contributed by atoms with E-state index < -0.39 is 11.9 Å². The predicted octanol–water partition coefficient (Wildman–Crippen LogP) is 4.81. The van der Waals surface area contributed by atoms with Gasteiger partial charge in [0.25, 0.3) is 5.91 Å². The summed E-state index contributed by atoms with van der Waals surface area (Å²) in [6.45, 7) is 8.08. The number of hydrogen-bond donors (Lipinski definition) is 1. The number of hydrogen-bond acceptors (Lipinski definition) is 5. The Morgan fingerprint density at radius 3 is 2.65 bits per heavy atom. The maximum Gasteiger partial charge on any atom is 0.414 e. The van der Waals surface area contributed by atoms with E-state index >= 15 is 0 Å². The third-order valence-electron chi connectivity index (χ3n) is 5.83. The van der Waals surface area contributed by atoms with Crippen molar-refractivity contribution in [3.05, 3.63) is 77.1 Å². The van der Waals surface area contributed by atoms with Gasteiger partial charge in [0, 0.05) is 23.0 Å². The zero-order valence-electron chi connectivity index (χ0n) is 19.6. The summed E-state index contributed by atoms with van der Waals surface area (Å²) in [4.78, 5) is 35.6. The van der Waals surface area contributed by atoms with Crippen LogP contribution in [-0.2, 0) is 11.3 Å². The highest BCUT2D eigenvalue weighted by Crippen LogP contribution is 2.33. The van der Waals surface area contributed by atoms with Crippen LogP contribution < -0.4 is 10.2 Å². The Balaban J connectivity index is 1.73. The van der Waals surface area contributed by atoms with E-state index in [0.717, 1.165) is 11.3 Å². The molecule has 2 heterocycles. The molecule has 3 aromatic rings. The van der Waals surface area contributed by atoms with Crippen LogP contribution in [0.15, 0.2) is 48.8 Å². The number of ether oxygens (including phenoxy) is 1. The van der Waals surface area contributed by atoms with Crippen LogP contribution in [-0.4, -0.2) is 34.6 Å². The fourth-order valence-corrected chi connectivity index (χ4v) is 3.90. The van der Waals surface area contributed by atoms with Crippen molar-refractivity contribution in [1.29, 1.82) is 0 Å². The monoisotopic (exact) mass is 462 g/mol. The van der Waals surface area contributed by atoms with Crippen molar-refractivity contribution in [3.63, 3.8) is 0 Å². The summed E-state index contributed by atoms with van der Waals surface area (Å²) in [6, 6.07) is 9.71. The molecule has 0 aliphatic carbocycles. The molecule has 2 amide bonds. The zero-order chi connectivity index (χ0) is 24.4. The number of carbonyl (C=O) groups is 2. The van der Waals surface area contributed by atoms with Gasteiger partial charge < -0.3 is 10.1 Å². The Hall–Kier alpha value is -3.81. The van der Waals surface area contributed by atoms with Gasteiger partial charge in [0.05, 0.1) is 30.2 Å². The van der Waals surface area contributed by atoms with Crippen molar-refractivity contribution in [2.75, 3.05) is 11.5 Å². The molecule has 0 unspecified atom stereocenters. The van der Waals surface area contributed by atoms with Gasteiger partial charge in [0.1, 0.15) is 12.4 Å². The first-order valence-corrected chi connectivity index (χ1v) is 11.2. The third kappa shape index (κ3) is 4.90. The topological polar surface area (TPSA) is 84.4 Å². The molecule has 2 aromatic carbocycles. The molecule has 8 heteroatoms. The van der Waals surface area contributed by atoms with E-state index in [9.17, 15) is 14.0 Å². The lowest BCUT2D eigenvalue weighted by molar-refractivity contribution is 0.0950. The van der Waals surface area contributed by atoms with Crippen LogP contribution in [0.25, 0.3) is 11.1 Å². The molecule has 1 fully saturated rings. The molecule has 1 aromatic heterocycles. The third-order valence-corrected chi connectivity index (χ3v) is 5.83. The van der Waals surface area contributed by atoms with E-state index in [2.05, 4.69) is 15.3 Å². The first kappa shape index (κ1) is 23.4. The number of nitrogens with one attached hydrogen (secondary N) is 1. The number of benzene rings is 2. The van der Waals surface area contributed by atoms with Gasteiger partial charge in [-0.3, -0.25) is 19.7 Å². The number of cyclic esters (lactones) is 1. The Bertz CT molecular complexity index is 1230. The maximum atomic E-state index is 14.8. The number of nitrogens with zero attached hydrogens (tertiary/aromatic N) is 3. The predicted molar refractivity (Wildman–Crippen MR) is 127 cm³/mol. The smallest absolute Gasteiger partial charge is 0.414 e. The molecule has 4 rings (SSSR count). The minimum absolute atomic E-state index is 0.128. The maximum absolute atomic E-state index is 14.8. The molecule has 7 nitrogen and oxygen atoms in total. The van der Waals surface area contributed by atoms with Crippen LogP contribution in [0.1, 0.15) is 41.2 Å². The van der Waals surface area contributed by atoms with E-state index in [0.29, 0.717) is 28.1 Å². The molecule has 1 aliphatic rings. The summed E-state index contributed by atoms with van der Waals surface area (Å²) < 4.78 is 20.1. The molecule has 1 N–H and O–H groups in total. The molecule has 176 valence electrons.